The summed E-state index contributed by atoms with van der Waals surface area (Å²) in [5, 5.41) is 3.98. The van der Waals surface area contributed by atoms with E-state index in [-0.39, 0.29) is 11.9 Å². The van der Waals surface area contributed by atoms with Crippen LogP contribution in [0.3, 0.4) is 0 Å². The minimum Gasteiger partial charge on any atom is -0.325 e. The van der Waals surface area contributed by atoms with E-state index < -0.39 is 0 Å². The van der Waals surface area contributed by atoms with E-state index in [4.69, 9.17) is 16.6 Å². The van der Waals surface area contributed by atoms with Crippen molar-refractivity contribution in [2.45, 2.75) is 49.4 Å². The Morgan fingerprint density at radius 3 is 2.84 bits per heavy atom. The maximum atomic E-state index is 13.8. The zero-order valence-corrected chi connectivity index (χ0v) is 19.7. The van der Waals surface area contributed by atoms with Gasteiger partial charge in [0.15, 0.2) is 10.8 Å². The molecule has 4 nitrogen and oxygen atoms in total. The van der Waals surface area contributed by atoms with Crippen LogP contribution in [-0.2, 0) is 0 Å². The van der Waals surface area contributed by atoms with E-state index >= 15 is 0 Å². The van der Waals surface area contributed by atoms with Crippen molar-refractivity contribution in [3.05, 3.63) is 62.5 Å². The summed E-state index contributed by atoms with van der Waals surface area (Å²) in [4.78, 5) is 12.0. The fourth-order valence-corrected chi connectivity index (χ4v) is 5.91. The number of nitrogens with one attached hydrogen (secondary N) is 1. The summed E-state index contributed by atoms with van der Waals surface area (Å²) in [6.45, 7) is 0.839. The lowest BCUT2D eigenvalue weighted by Gasteiger charge is -2.31. The number of amidine groups is 1. The van der Waals surface area contributed by atoms with Crippen molar-refractivity contribution in [2.24, 2.45) is 10.9 Å². The molecular weight excluding hydrogens is 463 g/mol. The average Bonchev–Trinajstić information content (AvgIpc) is 3.69. The van der Waals surface area contributed by atoms with E-state index in [0.29, 0.717) is 17.0 Å². The third kappa shape index (κ3) is 4.22. The molecule has 4 aliphatic rings. The Morgan fingerprint density at radius 2 is 2.12 bits per heavy atom. The Labute approximate surface area is 200 Å². The molecule has 2 aliphatic heterocycles. The van der Waals surface area contributed by atoms with E-state index in [1.54, 1.807) is 17.4 Å². The molecule has 8 heteroatoms. The number of aliphatic imine (C=N–C) groups is 1. The quantitative estimate of drug-likeness (QED) is 0.444. The molecular formula is C24H22ClFN4S2. The van der Waals surface area contributed by atoms with Crippen LogP contribution in [0.5, 0.6) is 0 Å². The van der Waals surface area contributed by atoms with Crippen LogP contribution >= 0.6 is 34.9 Å². The summed E-state index contributed by atoms with van der Waals surface area (Å²) >= 11 is 9.96. The van der Waals surface area contributed by atoms with Gasteiger partial charge in [-0.15, -0.1) is 11.3 Å². The van der Waals surface area contributed by atoms with Gasteiger partial charge in [-0.2, -0.15) is 0 Å². The molecule has 0 amide bonds. The largest absolute Gasteiger partial charge is 0.325 e. The maximum absolute atomic E-state index is 13.8. The highest BCUT2D eigenvalue weighted by molar-refractivity contribution is 7.98. The van der Waals surface area contributed by atoms with Crippen LogP contribution in [0.4, 0.5) is 4.39 Å². The van der Waals surface area contributed by atoms with Crippen molar-refractivity contribution in [1.29, 1.82) is 0 Å². The summed E-state index contributed by atoms with van der Waals surface area (Å²) in [5.74, 6) is 7.91. The number of rotatable bonds is 5. The predicted octanol–water partition coefficient (Wildman–Crippen LogP) is 5.58. The first-order valence-electron chi connectivity index (χ1n) is 11.0. The van der Waals surface area contributed by atoms with Gasteiger partial charge in [-0.25, -0.2) is 9.37 Å². The minimum absolute atomic E-state index is 0.320. The molecule has 0 spiro atoms. The van der Waals surface area contributed by atoms with Crippen LogP contribution < -0.4 is 4.72 Å². The molecule has 164 valence electrons. The van der Waals surface area contributed by atoms with Gasteiger partial charge in [-0.05, 0) is 37.8 Å². The van der Waals surface area contributed by atoms with Crippen LogP contribution in [-0.4, -0.2) is 33.6 Å². The van der Waals surface area contributed by atoms with Gasteiger partial charge in [0, 0.05) is 58.0 Å². The van der Waals surface area contributed by atoms with Crippen LogP contribution in [0.25, 0.3) is 0 Å². The third-order valence-corrected chi connectivity index (χ3v) is 8.43. The lowest BCUT2D eigenvalue weighted by Crippen LogP contribution is -2.35. The standard InChI is InChI=1S/C24H22ClFN4S2/c25-20-11-15(26)4-8-18(20)22-19(7-3-14-1-2-14)21-12-16(29-32-17-5-6-17)13-30(21)23(28-22)24-27-9-10-31-24/h4,8-11,14,16-17,22,29H,1-2,5-6,12-13H2. The second kappa shape index (κ2) is 8.49. The third-order valence-electron chi connectivity index (χ3n) is 6.05. The number of halogens is 2. The SMILES string of the molecule is Fc1ccc(C2N=C(c3nccs3)N3CC(NSC4CC4)CC3=C2C#CC2CC2)c(Cl)c1. The lowest BCUT2D eigenvalue weighted by atomic mass is 9.94. The lowest BCUT2D eigenvalue weighted by molar-refractivity contribution is 0.528. The normalized spacial score (nSPS) is 24.8. The van der Waals surface area contributed by atoms with Crippen LogP contribution in [0, 0.1) is 23.6 Å². The predicted molar refractivity (Wildman–Crippen MR) is 129 cm³/mol. The van der Waals surface area contributed by atoms with E-state index in [9.17, 15) is 4.39 Å². The Balaban J connectivity index is 1.44. The number of hydrogen-bond acceptors (Lipinski definition) is 6. The first-order valence-corrected chi connectivity index (χ1v) is 13.2. The summed E-state index contributed by atoms with van der Waals surface area (Å²) in [5.41, 5.74) is 2.97. The summed E-state index contributed by atoms with van der Waals surface area (Å²) in [6.07, 6.45) is 7.61. The van der Waals surface area contributed by atoms with Gasteiger partial charge >= 0.3 is 0 Å². The van der Waals surface area contributed by atoms with Crippen molar-refractivity contribution in [3.8, 4) is 11.8 Å². The van der Waals surface area contributed by atoms with Crippen molar-refractivity contribution >= 4 is 40.7 Å². The second-order valence-corrected chi connectivity index (χ2v) is 11.1. The van der Waals surface area contributed by atoms with Gasteiger partial charge in [0.05, 0.1) is 5.57 Å². The highest BCUT2D eigenvalue weighted by Gasteiger charge is 2.40. The molecule has 0 bridgehead atoms. The highest BCUT2D eigenvalue weighted by atomic mass is 35.5. The molecule has 1 saturated heterocycles. The number of fused-ring (bicyclic) bond motifs is 1. The Hall–Kier alpha value is -1.85. The smallest absolute Gasteiger partial charge is 0.165 e. The van der Waals surface area contributed by atoms with Gasteiger partial charge in [0.2, 0.25) is 0 Å². The maximum Gasteiger partial charge on any atom is 0.165 e. The molecule has 1 N–H and O–H groups in total. The zero-order chi connectivity index (χ0) is 21.7. The van der Waals surface area contributed by atoms with E-state index in [1.165, 1.54) is 30.7 Å². The first kappa shape index (κ1) is 20.7. The zero-order valence-electron chi connectivity index (χ0n) is 17.4. The van der Waals surface area contributed by atoms with Gasteiger partial charge in [0.25, 0.3) is 0 Å². The molecule has 1 aromatic carbocycles. The van der Waals surface area contributed by atoms with Gasteiger partial charge in [0.1, 0.15) is 11.9 Å². The number of nitrogens with zero attached hydrogens (tertiary/aromatic N) is 3. The van der Waals surface area contributed by atoms with Crippen LogP contribution in [0.1, 0.15) is 48.7 Å². The van der Waals surface area contributed by atoms with Crippen molar-refractivity contribution in [3.63, 3.8) is 0 Å². The molecule has 3 heterocycles. The second-order valence-electron chi connectivity index (χ2n) is 8.71. The Kier molecular flexibility index (Phi) is 5.50. The highest BCUT2D eigenvalue weighted by Crippen LogP contribution is 2.43. The summed E-state index contributed by atoms with van der Waals surface area (Å²) in [6, 6.07) is 4.53. The van der Waals surface area contributed by atoms with E-state index in [0.717, 1.165) is 53.0 Å². The number of aromatic nitrogens is 1. The molecule has 6 rings (SSSR count). The molecule has 2 atom stereocenters. The first-order chi connectivity index (χ1) is 15.7. The Bertz CT molecular complexity index is 1160. The van der Waals surface area contributed by atoms with Crippen molar-refractivity contribution in [2.75, 3.05) is 6.54 Å². The molecule has 2 saturated carbocycles. The average molecular weight is 485 g/mol. The van der Waals surface area contributed by atoms with Gasteiger partial charge in [-0.3, -0.25) is 9.71 Å². The fraction of sp³-hybridized carbons (Fsp3) is 0.417. The number of hydrogen-bond donors (Lipinski definition) is 1. The molecule has 2 unspecified atom stereocenters. The topological polar surface area (TPSA) is 40.5 Å². The molecule has 3 fully saturated rings. The fourth-order valence-electron chi connectivity index (χ4n) is 4.08. The minimum atomic E-state index is -0.352. The monoisotopic (exact) mass is 484 g/mol. The molecule has 1 aromatic heterocycles. The van der Waals surface area contributed by atoms with Crippen LogP contribution in [0.15, 0.2) is 46.0 Å². The molecule has 0 radical (unpaired) electrons. The van der Waals surface area contributed by atoms with Crippen molar-refractivity contribution in [1.82, 2.24) is 14.6 Å². The summed E-state index contributed by atoms with van der Waals surface area (Å²) < 4.78 is 17.5. The van der Waals surface area contributed by atoms with Crippen LogP contribution in [0.2, 0.25) is 5.02 Å². The van der Waals surface area contributed by atoms with Gasteiger partial charge in [-0.1, -0.05) is 41.5 Å². The summed E-state index contributed by atoms with van der Waals surface area (Å²) in [7, 11) is 0. The van der Waals surface area contributed by atoms with E-state index in [1.807, 2.05) is 23.5 Å². The van der Waals surface area contributed by atoms with E-state index in [2.05, 4.69) is 26.4 Å². The van der Waals surface area contributed by atoms with Gasteiger partial charge < -0.3 is 4.90 Å². The number of thiazole rings is 1. The number of benzene rings is 1. The molecule has 2 aliphatic carbocycles. The van der Waals surface area contributed by atoms with Crippen molar-refractivity contribution < 1.29 is 4.39 Å². The molecule has 32 heavy (non-hydrogen) atoms. The molecule has 2 aromatic rings. The Morgan fingerprint density at radius 1 is 1.25 bits per heavy atom.